The summed E-state index contributed by atoms with van der Waals surface area (Å²) in [6.07, 6.45) is 1.49. The van der Waals surface area contributed by atoms with Crippen molar-refractivity contribution in [2.75, 3.05) is 6.61 Å². The fourth-order valence-electron chi connectivity index (χ4n) is 2.27. The van der Waals surface area contributed by atoms with Crippen LogP contribution in [0.3, 0.4) is 0 Å². The highest BCUT2D eigenvalue weighted by Gasteiger charge is 2.14. The van der Waals surface area contributed by atoms with E-state index in [1.54, 1.807) is 0 Å². The number of para-hydroxylation sites is 1. The van der Waals surface area contributed by atoms with E-state index >= 15 is 0 Å². The van der Waals surface area contributed by atoms with Crippen molar-refractivity contribution in [3.8, 4) is 5.75 Å². The van der Waals surface area contributed by atoms with Crippen molar-refractivity contribution in [1.29, 1.82) is 0 Å². The Morgan fingerprint density at radius 3 is 2.71 bits per heavy atom. The van der Waals surface area contributed by atoms with Crippen molar-refractivity contribution in [2.45, 2.75) is 39.8 Å². The van der Waals surface area contributed by atoms with Gasteiger partial charge in [-0.15, -0.1) is 0 Å². The molecule has 0 aliphatic heterocycles. The fraction of sp³-hybridized carbons (Fsp3) is 0.438. The van der Waals surface area contributed by atoms with Gasteiger partial charge in [0.15, 0.2) is 0 Å². The van der Waals surface area contributed by atoms with E-state index < -0.39 is 0 Å². The van der Waals surface area contributed by atoms with Crippen LogP contribution in [0.4, 0.5) is 0 Å². The summed E-state index contributed by atoms with van der Waals surface area (Å²) < 4.78 is 8.96. The zero-order valence-electron chi connectivity index (χ0n) is 12.5. The largest absolute Gasteiger partial charge is 0.487 e. The van der Waals surface area contributed by atoms with Crippen LogP contribution < -0.4 is 4.74 Å². The number of rotatable bonds is 7. The van der Waals surface area contributed by atoms with E-state index in [4.69, 9.17) is 9.84 Å². The van der Waals surface area contributed by atoms with Crippen LogP contribution >= 0.6 is 15.9 Å². The average molecular weight is 353 g/mol. The molecule has 0 aliphatic rings. The molecule has 0 saturated carbocycles. The Labute approximate surface area is 133 Å². The summed E-state index contributed by atoms with van der Waals surface area (Å²) in [5.41, 5.74) is 3.13. The van der Waals surface area contributed by atoms with Gasteiger partial charge in [0.25, 0.3) is 0 Å². The summed E-state index contributed by atoms with van der Waals surface area (Å²) in [5, 5.41) is 13.7. The van der Waals surface area contributed by atoms with Gasteiger partial charge in [-0.05, 0) is 47.3 Å². The molecular formula is C16H21BrN2O2. The highest BCUT2D eigenvalue weighted by molar-refractivity contribution is 9.10. The minimum absolute atomic E-state index is 0.122. The van der Waals surface area contributed by atoms with Crippen LogP contribution in [0.5, 0.6) is 5.75 Å². The number of hydrogen-bond donors (Lipinski definition) is 1. The molecular weight excluding hydrogens is 332 g/mol. The van der Waals surface area contributed by atoms with Crippen LogP contribution in [-0.4, -0.2) is 21.5 Å². The second kappa shape index (κ2) is 7.61. The molecule has 1 heterocycles. The summed E-state index contributed by atoms with van der Waals surface area (Å²) in [7, 11) is 0. The van der Waals surface area contributed by atoms with Crippen molar-refractivity contribution in [3.05, 3.63) is 45.7 Å². The summed E-state index contributed by atoms with van der Waals surface area (Å²) in [6.45, 7) is 5.56. The number of benzene rings is 1. The number of aromatic nitrogens is 2. The second-order valence-corrected chi connectivity index (χ2v) is 5.54. The molecule has 0 amide bonds. The molecule has 1 N–H and O–H groups in total. The number of aliphatic hydroxyl groups is 1. The maximum atomic E-state index is 9.11. The zero-order chi connectivity index (χ0) is 15.2. The summed E-state index contributed by atoms with van der Waals surface area (Å²) >= 11 is 3.62. The van der Waals surface area contributed by atoms with E-state index in [9.17, 15) is 0 Å². The first kappa shape index (κ1) is 16.0. The molecule has 4 nitrogen and oxygen atoms in total. The van der Waals surface area contributed by atoms with Gasteiger partial charge in [-0.2, -0.15) is 5.10 Å². The monoisotopic (exact) mass is 352 g/mol. The van der Waals surface area contributed by atoms with E-state index in [1.165, 1.54) is 0 Å². The Morgan fingerprint density at radius 1 is 1.29 bits per heavy atom. The molecule has 0 fully saturated rings. The molecule has 0 saturated heterocycles. The molecule has 1 aromatic carbocycles. The number of aliphatic hydroxyl groups excluding tert-OH is 1. The van der Waals surface area contributed by atoms with Gasteiger partial charge in [0, 0.05) is 13.2 Å². The van der Waals surface area contributed by atoms with Gasteiger partial charge < -0.3 is 9.84 Å². The number of halogens is 1. The first-order valence-corrected chi connectivity index (χ1v) is 8.06. The van der Waals surface area contributed by atoms with Gasteiger partial charge in [0.05, 0.1) is 15.9 Å². The van der Waals surface area contributed by atoms with Crippen molar-refractivity contribution >= 4 is 15.9 Å². The Morgan fingerprint density at radius 2 is 2.05 bits per heavy atom. The van der Waals surface area contributed by atoms with Gasteiger partial charge in [-0.25, -0.2) is 0 Å². The molecule has 0 bridgehead atoms. The highest BCUT2D eigenvalue weighted by atomic mass is 79.9. The van der Waals surface area contributed by atoms with Crippen molar-refractivity contribution in [2.24, 2.45) is 0 Å². The molecule has 0 spiro atoms. The highest BCUT2D eigenvalue weighted by Crippen LogP contribution is 2.25. The molecule has 1 aromatic heterocycles. The maximum absolute atomic E-state index is 9.11. The van der Waals surface area contributed by atoms with E-state index in [0.717, 1.165) is 40.1 Å². The third-order valence-electron chi connectivity index (χ3n) is 3.41. The number of aryl methyl sites for hydroxylation is 2. The van der Waals surface area contributed by atoms with Crippen LogP contribution in [-0.2, 0) is 26.0 Å². The molecule has 21 heavy (non-hydrogen) atoms. The van der Waals surface area contributed by atoms with Gasteiger partial charge in [-0.3, -0.25) is 4.68 Å². The zero-order valence-corrected chi connectivity index (χ0v) is 14.1. The van der Waals surface area contributed by atoms with E-state index in [1.807, 2.05) is 28.9 Å². The SMILES string of the molecule is CCc1nn(CC)c(COc2ccccc2CCO)c1Br. The van der Waals surface area contributed by atoms with Gasteiger partial charge >= 0.3 is 0 Å². The van der Waals surface area contributed by atoms with Crippen LogP contribution in [0.15, 0.2) is 28.7 Å². The van der Waals surface area contributed by atoms with E-state index in [2.05, 4.69) is 34.9 Å². The summed E-state index contributed by atoms with van der Waals surface area (Å²) in [5.74, 6) is 0.820. The van der Waals surface area contributed by atoms with Crippen LogP contribution in [0.2, 0.25) is 0 Å². The predicted octanol–water partition coefficient (Wildman–Crippen LogP) is 3.34. The van der Waals surface area contributed by atoms with Crippen LogP contribution in [0.1, 0.15) is 30.8 Å². The molecule has 0 atom stereocenters. The third kappa shape index (κ3) is 3.66. The molecule has 0 aliphatic carbocycles. The lowest BCUT2D eigenvalue weighted by Crippen LogP contribution is -2.07. The molecule has 0 radical (unpaired) electrons. The molecule has 2 rings (SSSR count). The second-order valence-electron chi connectivity index (χ2n) is 4.75. The predicted molar refractivity (Wildman–Crippen MR) is 86.5 cm³/mol. The third-order valence-corrected chi connectivity index (χ3v) is 4.33. The van der Waals surface area contributed by atoms with Gasteiger partial charge in [-0.1, -0.05) is 25.1 Å². The summed E-state index contributed by atoms with van der Waals surface area (Å²) in [6, 6.07) is 7.82. The Bertz CT molecular complexity index is 596. The van der Waals surface area contributed by atoms with E-state index in [0.29, 0.717) is 13.0 Å². The topological polar surface area (TPSA) is 47.3 Å². The normalized spacial score (nSPS) is 10.9. The van der Waals surface area contributed by atoms with Crippen molar-refractivity contribution in [3.63, 3.8) is 0 Å². The van der Waals surface area contributed by atoms with Crippen LogP contribution in [0.25, 0.3) is 0 Å². The number of nitrogens with zero attached hydrogens (tertiary/aromatic N) is 2. The lowest BCUT2D eigenvalue weighted by Gasteiger charge is -2.12. The smallest absolute Gasteiger partial charge is 0.131 e. The minimum Gasteiger partial charge on any atom is -0.487 e. The minimum atomic E-state index is 0.122. The Hall–Kier alpha value is -1.33. The fourth-order valence-corrected chi connectivity index (χ4v) is 2.95. The first-order valence-electron chi connectivity index (χ1n) is 7.26. The molecule has 0 unspecified atom stereocenters. The van der Waals surface area contributed by atoms with Gasteiger partial charge in [0.2, 0.25) is 0 Å². The molecule has 2 aromatic rings. The number of ether oxygens (including phenoxy) is 1. The van der Waals surface area contributed by atoms with Gasteiger partial charge in [0.1, 0.15) is 12.4 Å². The van der Waals surface area contributed by atoms with Crippen molar-refractivity contribution < 1.29 is 9.84 Å². The maximum Gasteiger partial charge on any atom is 0.131 e. The lowest BCUT2D eigenvalue weighted by atomic mass is 10.1. The number of hydrogen-bond acceptors (Lipinski definition) is 3. The Kier molecular flexibility index (Phi) is 5.82. The quantitative estimate of drug-likeness (QED) is 0.831. The molecule has 5 heteroatoms. The lowest BCUT2D eigenvalue weighted by molar-refractivity contribution is 0.277. The standard InChI is InChI=1S/C16H21BrN2O2/c1-3-13-16(17)14(19(4-2)18-13)11-21-15-8-6-5-7-12(15)9-10-20/h5-8,20H,3-4,9-11H2,1-2H3. The Balaban J connectivity index is 2.18. The molecule has 114 valence electrons. The average Bonchev–Trinajstić information content (AvgIpc) is 2.82. The van der Waals surface area contributed by atoms with Crippen LogP contribution in [0, 0.1) is 0 Å². The summed E-state index contributed by atoms with van der Waals surface area (Å²) in [4.78, 5) is 0. The van der Waals surface area contributed by atoms with E-state index in [-0.39, 0.29) is 6.61 Å². The van der Waals surface area contributed by atoms with Crippen molar-refractivity contribution in [1.82, 2.24) is 9.78 Å². The first-order chi connectivity index (χ1) is 10.2.